The van der Waals surface area contributed by atoms with Gasteiger partial charge in [-0.25, -0.2) is 0 Å². The molecule has 0 aromatic heterocycles. The molecule has 0 atom stereocenters. The van der Waals surface area contributed by atoms with Crippen molar-refractivity contribution in [2.75, 3.05) is 7.11 Å². The number of hydrogen-bond acceptors (Lipinski definition) is 1. The summed E-state index contributed by atoms with van der Waals surface area (Å²) in [4.78, 5) is 0. The quantitative estimate of drug-likeness (QED) is 0.553. The van der Waals surface area contributed by atoms with Crippen LogP contribution >= 0.6 is 0 Å². The molecule has 0 N–H and O–H groups in total. The molecule has 0 bridgehead atoms. The van der Waals surface area contributed by atoms with E-state index in [0.717, 1.165) is 0 Å². The van der Waals surface area contributed by atoms with Crippen LogP contribution in [0.4, 0.5) is 0 Å². The van der Waals surface area contributed by atoms with Gasteiger partial charge in [0.05, 0.1) is 6.10 Å². The Bertz CT molecular complexity index is 142. The van der Waals surface area contributed by atoms with Gasteiger partial charge in [-0.15, -0.1) is 0 Å². The van der Waals surface area contributed by atoms with E-state index in [4.69, 9.17) is 4.74 Å². The summed E-state index contributed by atoms with van der Waals surface area (Å²) in [5, 5.41) is 0. The summed E-state index contributed by atoms with van der Waals surface area (Å²) >= 11 is 0. The Morgan fingerprint density at radius 3 is 1.82 bits per heavy atom. The molecular weight excluding hydrogens is 136 g/mol. The minimum absolute atomic E-state index is 0.440. The first kappa shape index (κ1) is 8.79. The van der Waals surface area contributed by atoms with Gasteiger partial charge in [-0.1, -0.05) is 26.7 Å². The molecule has 0 aromatic rings. The van der Waals surface area contributed by atoms with Crippen LogP contribution in [-0.4, -0.2) is 13.2 Å². The topological polar surface area (TPSA) is 9.23 Å². The average Bonchev–Trinajstić information content (AvgIpc) is 2.65. The van der Waals surface area contributed by atoms with Crippen molar-refractivity contribution < 1.29 is 4.74 Å². The Labute approximate surface area is 69.4 Å². The molecular formula is C10H18O. The van der Waals surface area contributed by atoms with Crippen molar-refractivity contribution >= 4 is 0 Å². The molecule has 0 unspecified atom stereocenters. The monoisotopic (exact) mass is 154 g/mol. The van der Waals surface area contributed by atoms with Crippen LogP contribution in [0.15, 0.2) is 11.1 Å². The maximum absolute atomic E-state index is 5.32. The Balaban J connectivity index is 2.34. The van der Waals surface area contributed by atoms with Gasteiger partial charge in [0.15, 0.2) is 0 Å². The summed E-state index contributed by atoms with van der Waals surface area (Å²) in [5.74, 6) is 0. The lowest BCUT2D eigenvalue weighted by Crippen LogP contribution is -1.93. The van der Waals surface area contributed by atoms with Crippen LogP contribution in [-0.2, 0) is 4.74 Å². The minimum Gasteiger partial charge on any atom is -0.373 e. The van der Waals surface area contributed by atoms with E-state index in [1.165, 1.54) is 25.7 Å². The van der Waals surface area contributed by atoms with E-state index in [2.05, 4.69) is 13.8 Å². The Morgan fingerprint density at radius 2 is 1.55 bits per heavy atom. The fourth-order valence-electron chi connectivity index (χ4n) is 1.70. The maximum atomic E-state index is 5.32. The third-order valence-electron chi connectivity index (χ3n) is 2.24. The Hall–Kier alpha value is -0.300. The van der Waals surface area contributed by atoms with E-state index in [1.807, 2.05) is 7.11 Å². The van der Waals surface area contributed by atoms with E-state index in [1.54, 1.807) is 11.1 Å². The fourth-order valence-corrected chi connectivity index (χ4v) is 1.70. The van der Waals surface area contributed by atoms with Crippen molar-refractivity contribution in [2.45, 2.75) is 45.6 Å². The van der Waals surface area contributed by atoms with Gasteiger partial charge in [0.25, 0.3) is 0 Å². The average molecular weight is 154 g/mol. The normalized spacial score (nSPS) is 17.7. The number of rotatable bonds is 5. The van der Waals surface area contributed by atoms with Crippen LogP contribution < -0.4 is 0 Å². The van der Waals surface area contributed by atoms with Gasteiger partial charge in [-0.3, -0.25) is 0 Å². The first-order valence-corrected chi connectivity index (χ1v) is 4.59. The van der Waals surface area contributed by atoms with Crippen molar-refractivity contribution in [3.05, 3.63) is 11.1 Å². The van der Waals surface area contributed by atoms with Gasteiger partial charge in [-0.05, 0) is 24.0 Å². The van der Waals surface area contributed by atoms with Crippen LogP contribution in [0, 0.1) is 0 Å². The molecule has 1 heteroatoms. The smallest absolute Gasteiger partial charge is 0.0999 e. The zero-order chi connectivity index (χ0) is 8.27. The lowest BCUT2D eigenvalue weighted by molar-refractivity contribution is 0.188. The van der Waals surface area contributed by atoms with E-state index in [0.29, 0.717) is 6.10 Å². The summed E-state index contributed by atoms with van der Waals surface area (Å²) in [7, 11) is 1.81. The Morgan fingerprint density at radius 1 is 1.09 bits per heavy atom. The predicted octanol–water partition coefficient (Wildman–Crippen LogP) is 2.91. The van der Waals surface area contributed by atoms with E-state index >= 15 is 0 Å². The second kappa shape index (κ2) is 3.91. The molecule has 0 saturated heterocycles. The molecule has 0 radical (unpaired) electrons. The van der Waals surface area contributed by atoms with Gasteiger partial charge in [0.2, 0.25) is 0 Å². The third-order valence-corrected chi connectivity index (χ3v) is 2.24. The molecule has 1 aliphatic carbocycles. The van der Waals surface area contributed by atoms with Crippen LogP contribution in [0.5, 0.6) is 0 Å². The zero-order valence-electron chi connectivity index (χ0n) is 7.81. The second-order valence-corrected chi connectivity index (χ2v) is 3.17. The lowest BCUT2D eigenvalue weighted by atomic mass is 10.2. The summed E-state index contributed by atoms with van der Waals surface area (Å²) < 4.78 is 5.32. The van der Waals surface area contributed by atoms with Gasteiger partial charge in [-0.2, -0.15) is 0 Å². The van der Waals surface area contributed by atoms with Gasteiger partial charge in [0, 0.05) is 7.11 Å². The summed E-state index contributed by atoms with van der Waals surface area (Å²) in [6.45, 7) is 4.45. The SMILES string of the molecule is CCCC1=C(CCC)C1OC. The lowest BCUT2D eigenvalue weighted by Gasteiger charge is -1.95. The first-order chi connectivity index (χ1) is 5.35. The summed E-state index contributed by atoms with van der Waals surface area (Å²) in [6, 6.07) is 0. The highest BCUT2D eigenvalue weighted by molar-refractivity contribution is 5.43. The number of ether oxygens (including phenoxy) is 1. The van der Waals surface area contributed by atoms with E-state index in [9.17, 15) is 0 Å². The Kier molecular flexibility index (Phi) is 3.13. The van der Waals surface area contributed by atoms with Crippen molar-refractivity contribution in [1.29, 1.82) is 0 Å². The molecule has 0 aromatic carbocycles. The van der Waals surface area contributed by atoms with Crippen LogP contribution in [0.25, 0.3) is 0 Å². The van der Waals surface area contributed by atoms with Crippen LogP contribution in [0.1, 0.15) is 39.5 Å². The van der Waals surface area contributed by atoms with E-state index in [-0.39, 0.29) is 0 Å². The molecule has 0 fully saturated rings. The summed E-state index contributed by atoms with van der Waals surface area (Å²) in [6.07, 6.45) is 5.43. The van der Waals surface area contributed by atoms with Crippen LogP contribution in [0.3, 0.4) is 0 Å². The summed E-state index contributed by atoms with van der Waals surface area (Å²) in [5.41, 5.74) is 3.16. The molecule has 1 rings (SSSR count). The molecule has 0 spiro atoms. The second-order valence-electron chi connectivity index (χ2n) is 3.17. The van der Waals surface area contributed by atoms with Gasteiger partial charge in [0.1, 0.15) is 0 Å². The van der Waals surface area contributed by atoms with Gasteiger partial charge >= 0.3 is 0 Å². The highest BCUT2D eigenvalue weighted by Gasteiger charge is 2.33. The minimum atomic E-state index is 0.440. The zero-order valence-corrected chi connectivity index (χ0v) is 7.81. The number of hydrogen-bond donors (Lipinski definition) is 0. The standard InChI is InChI=1S/C10H18O/c1-4-6-8-9(7-5-2)10(8)11-3/h10H,4-7H2,1-3H3. The van der Waals surface area contributed by atoms with Crippen molar-refractivity contribution in [2.24, 2.45) is 0 Å². The molecule has 11 heavy (non-hydrogen) atoms. The first-order valence-electron chi connectivity index (χ1n) is 4.59. The third kappa shape index (κ3) is 1.84. The molecule has 1 aliphatic rings. The molecule has 0 saturated carbocycles. The van der Waals surface area contributed by atoms with E-state index < -0.39 is 0 Å². The number of methoxy groups -OCH3 is 1. The highest BCUT2D eigenvalue weighted by atomic mass is 16.5. The largest absolute Gasteiger partial charge is 0.373 e. The van der Waals surface area contributed by atoms with Crippen molar-refractivity contribution in [3.8, 4) is 0 Å². The molecule has 64 valence electrons. The van der Waals surface area contributed by atoms with Crippen molar-refractivity contribution in [1.82, 2.24) is 0 Å². The fraction of sp³-hybridized carbons (Fsp3) is 0.800. The molecule has 0 aliphatic heterocycles. The molecule has 0 heterocycles. The molecule has 1 nitrogen and oxygen atoms in total. The van der Waals surface area contributed by atoms with Gasteiger partial charge < -0.3 is 4.74 Å². The van der Waals surface area contributed by atoms with Crippen LogP contribution in [0.2, 0.25) is 0 Å². The molecule has 0 amide bonds. The predicted molar refractivity (Wildman–Crippen MR) is 47.6 cm³/mol. The van der Waals surface area contributed by atoms with Crippen molar-refractivity contribution in [3.63, 3.8) is 0 Å². The maximum Gasteiger partial charge on any atom is 0.0999 e. The highest BCUT2D eigenvalue weighted by Crippen LogP contribution is 2.40.